The molecular formula is C12H13BrN2O2. The number of aliphatic hydroxyl groups is 1. The molecule has 0 radical (unpaired) electrons. The van der Waals surface area contributed by atoms with Crippen LogP contribution in [0.3, 0.4) is 0 Å². The fourth-order valence-corrected chi connectivity index (χ4v) is 2.17. The van der Waals surface area contributed by atoms with Crippen molar-refractivity contribution >= 4 is 15.9 Å². The van der Waals surface area contributed by atoms with E-state index in [2.05, 4.69) is 26.1 Å². The minimum Gasteiger partial charge on any atom is -0.396 e. The van der Waals surface area contributed by atoms with E-state index in [1.54, 1.807) is 0 Å². The maximum absolute atomic E-state index is 8.73. The molecule has 1 N–H and O–H groups in total. The average molecular weight is 297 g/mol. The Hall–Kier alpha value is -1.20. The standard InChI is InChI=1S/C12H13BrN2O2/c1-8-4-5-9(10(13)7-8)12-14-11(17-15-12)3-2-6-16/h4-5,7,16H,2-3,6H2,1H3. The van der Waals surface area contributed by atoms with Crippen molar-refractivity contribution < 1.29 is 9.63 Å². The molecule has 0 unspecified atom stereocenters. The maximum atomic E-state index is 8.73. The molecule has 0 aliphatic rings. The third-order valence-corrected chi connectivity index (χ3v) is 3.04. The van der Waals surface area contributed by atoms with Crippen LogP contribution in [0.4, 0.5) is 0 Å². The highest BCUT2D eigenvalue weighted by atomic mass is 79.9. The van der Waals surface area contributed by atoms with Crippen LogP contribution in [-0.2, 0) is 6.42 Å². The number of rotatable bonds is 4. The zero-order chi connectivity index (χ0) is 12.3. The van der Waals surface area contributed by atoms with Crippen molar-refractivity contribution in [3.63, 3.8) is 0 Å². The minimum atomic E-state index is 0.131. The topological polar surface area (TPSA) is 59.2 Å². The monoisotopic (exact) mass is 296 g/mol. The van der Waals surface area contributed by atoms with Gasteiger partial charge in [-0.25, -0.2) is 0 Å². The summed E-state index contributed by atoms with van der Waals surface area (Å²) in [7, 11) is 0. The Morgan fingerprint density at radius 1 is 1.41 bits per heavy atom. The van der Waals surface area contributed by atoms with Crippen LogP contribution in [0.25, 0.3) is 11.4 Å². The van der Waals surface area contributed by atoms with Crippen molar-refractivity contribution in [2.45, 2.75) is 19.8 Å². The molecule has 0 aliphatic heterocycles. The number of aliphatic hydroxyl groups excluding tert-OH is 1. The summed E-state index contributed by atoms with van der Waals surface area (Å²) < 4.78 is 6.06. The first-order valence-electron chi connectivity index (χ1n) is 5.40. The van der Waals surface area contributed by atoms with Gasteiger partial charge in [0.25, 0.3) is 0 Å². The summed E-state index contributed by atoms with van der Waals surface area (Å²) in [5.74, 6) is 1.13. The lowest BCUT2D eigenvalue weighted by Gasteiger charge is -1.99. The molecule has 1 aromatic heterocycles. The second-order valence-electron chi connectivity index (χ2n) is 3.82. The van der Waals surface area contributed by atoms with Crippen molar-refractivity contribution in [2.24, 2.45) is 0 Å². The fourth-order valence-electron chi connectivity index (χ4n) is 1.50. The first-order valence-corrected chi connectivity index (χ1v) is 6.20. The third-order valence-electron chi connectivity index (χ3n) is 2.38. The van der Waals surface area contributed by atoms with Crippen molar-refractivity contribution in [3.05, 3.63) is 34.1 Å². The molecule has 0 atom stereocenters. The van der Waals surface area contributed by atoms with Crippen LogP contribution in [0.1, 0.15) is 17.9 Å². The van der Waals surface area contributed by atoms with E-state index in [-0.39, 0.29) is 6.61 Å². The van der Waals surface area contributed by atoms with Crippen molar-refractivity contribution in [1.82, 2.24) is 10.1 Å². The van der Waals surface area contributed by atoms with Gasteiger partial charge in [-0.15, -0.1) is 0 Å². The van der Waals surface area contributed by atoms with E-state index in [0.29, 0.717) is 24.6 Å². The molecule has 0 bridgehead atoms. The quantitative estimate of drug-likeness (QED) is 0.942. The van der Waals surface area contributed by atoms with E-state index in [0.717, 1.165) is 10.0 Å². The molecule has 2 rings (SSSR count). The van der Waals surface area contributed by atoms with Crippen molar-refractivity contribution in [2.75, 3.05) is 6.61 Å². The highest BCUT2D eigenvalue weighted by Gasteiger charge is 2.11. The molecule has 0 saturated carbocycles. The molecule has 2 aromatic rings. The Kier molecular flexibility index (Phi) is 3.91. The molecule has 1 aromatic carbocycles. The third kappa shape index (κ3) is 2.92. The molecule has 5 heteroatoms. The Balaban J connectivity index is 2.24. The second-order valence-corrected chi connectivity index (χ2v) is 4.68. The Bertz CT molecular complexity index is 511. The lowest BCUT2D eigenvalue weighted by molar-refractivity contribution is 0.278. The Labute approximate surface area is 108 Å². The molecular weight excluding hydrogens is 284 g/mol. The molecule has 0 spiro atoms. The van der Waals surface area contributed by atoms with Crippen molar-refractivity contribution in [3.8, 4) is 11.4 Å². The lowest BCUT2D eigenvalue weighted by atomic mass is 10.1. The fraction of sp³-hybridized carbons (Fsp3) is 0.333. The average Bonchev–Trinajstić information content (AvgIpc) is 2.75. The zero-order valence-corrected chi connectivity index (χ0v) is 11.1. The molecule has 90 valence electrons. The van der Waals surface area contributed by atoms with Gasteiger partial charge in [-0.05, 0) is 31.0 Å². The van der Waals surface area contributed by atoms with Crippen LogP contribution in [-0.4, -0.2) is 21.9 Å². The second kappa shape index (κ2) is 5.42. The summed E-state index contributed by atoms with van der Waals surface area (Å²) >= 11 is 3.48. The summed E-state index contributed by atoms with van der Waals surface area (Å²) in [5, 5.41) is 12.7. The van der Waals surface area contributed by atoms with E-state index in [9.17, 15) is 0 Å². The Morgan fingerprint density at radius 3 is 2.94 bits per heavy atom. The number of benzene rings is 1. The van der Waals surface area contributed by atoms with Gasteiger partial charge in [-0.1, -0.05) is 27.2 Å². The summed E-state index contributed by atoms with van der Waals surface area (Å²) in [5.41, 5.74) is 2.08. The van der Waals surface area contributed by atoms with E-state index < -0.39 is 0 Å². The predicted octanol–water partition coefficient (Wildman–Crippen LogP) is 2.73. The number of nitrogens with zero attached hydrogens (tertiary/aromatic N) is 2. The van der Waals surface area contributed by atoms with Crippen LogP contribution >= 0.6 is 15.9 Å². The van der Waals surface area contributed by atoms with Crippen molar-refractivity contribution in [1.29, 1.82) is 0 Å². The van der Waals surface area contributed by atoms with Gasteiger partial charge in [0.15, 0.2) is 0 Å². The first kappa shape index (κ1) is 12.3. The van der Waals surface area contributed by atoms with Gasteiger partial charge in [0.2, 0.25) is 11.7 Å². The van der Waals surface area contributed by atoms with Crippen LogP contribution in [0.2, 0.25) is 0 Å². The maximum Gasteiger partial charge on any atom is 0.227 e. The number of halogens is 1. The normalized spacial score (nSPS) is 10.8. The van der Waals surface area contributed by atoms with Gasteiger partial charge in [0, 0.05) is 23.1 Å². The zero-order valence-electron chi connectivity index (χ0n) is 9.48. The smallest absolute Gasteiger partial charge is 0.227 e. The van der Waals surface area contributed by atoms with Crippen LogP contribution in [0, 0.1) is 6.92 Å². The molecule has 4 nitrogen and oxygen atoms in total. The van der Waals surface area contributed by atoms with Gasteiger partial charge in [0.05, 0.1) is 0 Å². The van der Waals surface area contributed by atoms with E-state index >= 15 is 0 Å². The summed E-state index contributed by atoms with van der Waals surface area (Å²) in [6.45, 7) is 2.16. The largest absolute Gasteiger partial charge is 0.396 e. The molecule has 1 heterocycles. The van der Waals surface area contributed by atoms with E-state index in [1.807, 2.05) is 25.1 Å². The first-order chi connectivity index (χ1) is 8.20. The minimum absolute atomic E-state index is 0.131. The van der Waals surface area contributed by atoms with Gasteiger partial charge in [-0.2, -0.15) is 4.98 Å². The number of hydrogen-bond donors (Lipinski definition) is 1. The SMILES string of the molecule is Cc1ccc(-c2noc(CCCO)n2)c(Br)c1. The Morgan fingerprint density at radius 2 is 2.24 bits per heavy atom. The van der Waals surface area contributed by atoms with Gasteiger partial charge < -0.3 is 9.63 Å². The molecule has 0 fully saturated rings. The number of aryl methyl sites for hydroxylation is 2. The number of hydrogen-bond acceptors (Lipinski definition) is 4. The summed E-state index contributed by atoms with van der Waals surface area (Å²) in [6.07, 6.45) is 1.24. The molecule has 0 saturated heterocycles. The van der Waals surface area contributed by atoms with Crippen LogP contribution < -0.4 is 0 Å². The summed E-state index contributed by atoms with van der Waals surface area (Å²) in [6, 6.07) is 5.98. The van der Waals surface area contributed by atoms with Gasteiger partial charge >= 0.3 is 0 Å². The molecule has 0 amide bonds. The van der Waals surface area contributed by atoms with Gasteiger partial charge in [-0.3, -0.25) is 0 Å². The predicted molar refractivity (Wildman–Crippen MR) is 67.6 cm³/mol. The molecule has 0 aliphatic carbocycles. The number of aromatic nitrogens is 2. The lowest BCUT2D eigenvalue weighted by Crippen LogP contribution is -1.89. The van der Waals surface area contributed by atoms with E-state index in [1.165, 1.54) is 5.56 Å². The van der Waals surface area contributed by atoms with Gasteiger partial charge in [0.1, 0.15) is 0 Å². The summed E-state index contributed by atoms with van der Waals surface area (Å²) in [4.78, 5) is 4.29. The van der Waals surface area contributed by atoms with E-state index in [4.69, 9.17) is 9.63 Å². The highest BCUT2D eigenvalue weighted by Crippen LogP contribution is 2.26. The van der Waals surface area contributed by atoms with Crippen LogP contribution in [0.15, 0.2) is 27.2 Å². The highest BCUT2D eigenvalue weighted by molar-refractivity contribution is 9.10. The molecule has 17 heavy (non-hydrogen) atoms. The van der Waals surface area contributed by atoms with Crippen LogP contribution in [0.5, 0.6) is 0 Å².